The van der Waals surface area contributed by atoms with Gasteiger partial charge in [-0.2, -0.15) is 5.10 Å². The van der Waals surface area contributed by atoms with Crippen LogP contribution in [-0.4, -0.2) is 31.1 Å². The van der Waals surface area contributed by atoms with Gasteiger partial charge in [-0.15, -0.1) is 0 Å². The largest absolute Gasteiger partial charge is 0.493 e. The van der Waals surface area contributed by atoms with E-state index in [1.807, 2.05) is 19.1 Å². The number of esters is 1. The number of methoxy groups -OCH3 is 1. The number of hydrazone groups is 1. The molecule has 0 atom stereocenters. The Hall–Kier alpha value is -3.88. The number of benzene rings is 3. The quantitative estimate of drug-likeness (QED) is 0.169. The molecule has 3 aromatic rings. The van der Waals surface area contributed by atoms with Crippen LogP contribution >= 0.6 is 23.2 Å². The van der Waals surface area contributed by atoms with Gasteiger partial charge in [-0.05, 0) is 61.0 Å². The molecule has 0 bridgehead atoms. The number of rotatable bonds is 6. The van der Waals surface area contributed by atoms with Crippen LogP contribution in [0.3, 0.4) is 0 Å². The van der Waals surface area contributed by atoms with Gasteiger partial charge in [-0.3, -0.25) is 9.59 Å². The molecular formula is C24H19Cl2N3O5. The molecule has 0 spiro atoms. The summed E-state index contributed by atoms with van der Waals surface area (Å²) in [6.07, 6.45) is 1.31. The number of carbonyl (C=O) groups excluding carboxylic acids is 3. The molecule has 0 saturated carbocycles. The molecule has 0 unspecified atom stereocenters. The summed E-state index contributed by atoms with van der Waals surface area (Å²) < 4.78 is 10.6. The summed E-state index contributed by atoms with van der Waals surface area (Å²) in [5.74, 6) is -2.03. The van der Waals surface area contributed by atoms with E-state index in [1.54, 1.807) is 24.3 Å². The number of aryl methyl sites for hydroxylation is 1. The fraction of sp³-hybridized carbons (Fsp3) is 0.0833. The lowest BCUT2D eigenvalue weighted by Crippen LogP contribution is -2.32. The third-order valence-corrected chi connectivity index (χ3v) is 5.18. The number of carbonyl (C=O) groups is 3. The van der Waals surface area contributed by atoms with E-state index < -0.39 is 17.8 Å². The lowest BCUT2D eigenvalue weighted by Gasteiger charge is -2.10. The summed E-state index contributed by atoms with van der Waals surface area (Å²) in [5.41, 5.74) is 4.40. The summed E-state index contributed by atoms with van der Waals surface area (Å²) in [6.45, 7) is 1.91. The van der Waals surface area contributed by atoms with Crippen molar-refractivity contribution >= 4 is 52.9 Å². The Morgan fingerprint density at radius 2 is 1.62 bits per heavy atom. The van der Waals surface area contributed by atoms with Gasteiger partial charge in [0, 0.05) is 5.69 Å². The van der Waals surface area contributed by atoms with Gasteiger partial charge in [-0.25, -0.2) is 10.2 Å². The first-order valence-corrected chi connectivity index (χ1v) is 10.6. The number of anilines is 1. The Kier molecular flexibility index (Phi) is 8.24. The normalized spacial score (nSPS) is 10.6. The molecule has 0 fully saturated rings. The molecule has 2 N–H and O–H groups in total. The van der Waals surface area contributed by atoms with Gasteiger partial charge in [0.1, 0.15) is 0 Å². The van der Waals surface area contributed by atoms with E-state index in [4.69, 9.17) is 32.7 Å². The van der Waals surface area contributed by atoms with Gasteiger partial charge < -0.3 is 14.8 Å². The Morgan fingerprint density at radius 3 is 2.29 bits per heavy atom. The topological polar surface area (TPSA) is 106 Å². The predicted octanol–water partition coefficient (Wildman–Crippen LogP) is 4.62. The molecule has 0 heterocycles. The van der Waals surface area contributed by atoms with Gasteiger partial charge in [0.15, 0.2) is 11.5 Å². The molecule has 3 aromatic carbocycles. The van der Waals surface area contributed by atoms with Crippen molar-refractivity contribution in [3.05, 3.63) is 87.4 Å². The number of halogens is 2. The van der Waals surface area contributed by atoms with Crippen LogP contribution in [0.2, 0.25) is 10.0 Å². The van der Waals surface area contributed by atoms with Crippen molar-refractivity contribution < 1.29 is 23.9 Å². The fourth-order valence-electron chi connectivity index (χ4n) is 2.67. The monoisotopic (exact) mass is 499 g/mol. The van der Waals surface area contributed by atoms with Gasteiger partial charge in [0.25, 0.3) is 0 Å². The highest BCUT2D eigenvalue weighted by atomic mass is 35.5. The number of nitrogens with one attached hydrogen (secondary N) is 2. The summed E-state index contributed by atoms with van der Waals surface area (Å²) in [6, 6.07) is 16.0. The highest BCUT2D eigenvalue weighted by Crippen LogP contribution is 2.29. The summed E-state index contributed by atoms with van der Waals surface area (Å²) in [4.78, 5) is 36.3. The van der Waals surface area contributed by atoms with Crippen LogP contribution in [0.25, 0.3) is 0 Å². The first kappa shape index (κ1) is 24.8. The molecular weight excluding hydrogens is 481 g/mol. The van der Waals surface area contributed by atoms with E-state index in [9.17, 15) is 14.4 Å². The number of ether oxygens (including phenoxy) is 2. The summed E-state index contributed by atoms with van der Waals surface area (Å²) >= 11 is 11.8. The lowest BCUT2D eigenvalue weighted by molar-refractivity contribution is -0.136. The second-order valence-corrected chi connectivity index (χ2v) is 7.76. The van der Waals surface area contributed by atoms with E-state index in [-0.39, 0.29) is 22.1 Å². The maximum atomic E-state index is 12.4. The van der Waals surface area contributed by atoms with Crippen molar-refractivity contribution in [3.63, 3.8) is 0 Å². The standard InChI is InChI=1S/C24H19Cl2N3O5/c1-14-3-7-17(8-4-14)28-22(30)23(31)29-27-13-15-5-10-20(21(11-15)33-2)34-24(32)16-6-9-18(25)19(26)12-16/h3-13H,1-2H3,(H,28,30)(H,29,31). The van der Waals surface area contributed by atoms with Crippen molar-refractivity contribution in [2.75, 3.05) is 12.4 Å². The second kappa shape index (κ2) is 11.3. The van der Waals surface area contributed by atoms with E-state index in [2.05, 4.69) is 15.8 Å². The highest BCUT2D eigenvalue weighted by Gasteiger charge is 2.15. The maximum absolute atomic E-state index is 12.4. The van der Waals surface area contributed by atoms with Crippen LogP contribution in [0.15, 0.2) is 65.8 Å². The van der Waals surface area contributed by atoms with Crippen LogP contribution in [0.5, 0.6) is 11.5 Å². The molecule has 0 radical (unpaired) electrons. The van der Waals surface area contributed by atoms with Gasteiger partial charge in [-0.1, -0.05) is 40.9 Å². The van der Waals surface area contributed by atoms with Crippen LogP contribution < -0.4 is 20.2 Å². The minimum absolute atomic E-state index is 0.164. The Morgan fingerprint density at radius 1 is 0.882 bits per heavy atom. The summed E-state index contributed by atoms with van der Waals surface area (Å²) in [7, 11) is 1.41. The molecule has 3 rings (SSSR count). The first-order chi connectivity index (χ1) is 16.3. The Balaban J connectivity index is 1.61. The molecule has 174 valence electrons. The van der Waals surface area contributed by atoms with Crippen molar-refractivity contribution in [2.24, 2.45) is 5.10 Å². The molecule has 0 aliphatic carbocycles. The van der Waals surface area contributed by atoms with Crippen LogP contribution in [0.1, 0.15) is 21.5 Å². The van der Waals surface area contributed by atoms with Crippen LogP contribution in [-0.2, 0) is 9.59 Å². The lowest BCUT2D eigenvalue weighted by atomic mass is 10.2. The zero-order chi connectivity index (χ0) is 24.7. The molecule has 34 heavy (non-hydrogen) atoms. The molecule has 8 nitrogen and oxygen atoms in total. The van der Waals surface area contributed by atoms with Crippen molar-refractivity contribution in [2.45, 2.75) is 6.92 Å². The van der Waals surface area contributed by atoms with E-state index >= 15 is 0 Å². The highest BCUT2D eigenvalue weighted by molar-refractivity contribution is 6.42. The number of nitrogens with zero attached hydrogens (tertiary/aromatic N) is 1. The van der Waals surface area contributed by atoms with Crippen LogP contribution in [0.4, 0.5) is 5.69 Å². The maximum Gasteiger partial charge on any atom is 0.343 e. The van der Waals surface area contributed by atoms with Gasteiger partial charge in [0.05, 0.1) is 28.9 Å². The number of hydrogen-bond donors (Lipinski definition) is 2. The average molecular weight is 500 g/mol. The van der Waals surface area contributed by atoms with Crippen LogP contribution in [0, 0.1) is 6.92 Å². The summed E-state index contributed by atoms with van der Waals surface area (Å²) in [5, 5.41) is 6.79. The number of amides is 2. The molecule has 0 aliphatic heterocycles. The van der Waals surface area contributed by atoms with Crippen molar-refractivity contribution in [1.29, 1.82) is 0 Å². The zero-order valence-electron chi connectivity index (χ0n) is 18.1. The van der Waals surface area contributed by atoms with Crippen molar-refractivity contribution in [3.8, 4) is 11.5 Å². The molecule has 10 heteroatoms. The Labute approximate surface area is 205 Å². The Bertz CT molecular complexity index is 1260. The molecule has 2 amide bonds. The van der Waals surface area contributed by atoms with Crippen molar-refractivity contribution in [1.82, 2.24) is 5.43 Å². The molecule has 0 aliphatic rings. The minimum Gasteiger partial charge on any atom is -0.493 e. The minimum atomic E-state index is -0.934. The van der Waals surface area contributed by atoms with Gasteiger partial charge >= 0.3 is 17.8 Å². The third kappa shape index (κ3) is 6.57. The average Bonchev–Trinajstić information content (AvgIpc) is 2.82. The SMILES string of the molecule is COc1cc(C=NNC(=O)C(=O)Nc2ccc(C)cc2)ccc1OC(=O)c1ccc(Cl)c(Cl)c1. The van der Waals surface area contributed by atoms with E-state index in [0.29, 0.717) is 16.3 Å². The smallest absolute Gasteiger partial charge is 0.343 e. The first-order valence-electron chi connectivity index (χ1n) is 9.83. The van der Waals surface area contributed by atoms with E-state index in [1.165, 1.54) is 37.6 Å². The third-order valence-electron chi connectivity index (χ3n) is 4.44. The second-order valence-electron chi connectivity index (χ2n) is 6.95. The molecule has 0 aromatic heterocycles. The number of hydrogen-bond acceptors (Lipinski definition) is 6. The predicted molar refractivity (Wildman–Crippen MR) is 130 cm³/mol. The van der Waals surface area contributed by atoms with E-state index in [0.717, 1.165) is 5.56 Å². The van der Waals surface area contributed by atoms with Gasteiger partial charge in [0.2, 0.25) is 0 Å². The fourth-order valence-corrected chi connectivity index (χ4v) is 2.97. The molecule has 0 saturated heterocycles. The zero-order valence-corrected chi connectivity index (χ0v) is 19.6.